The van der Waals surface area contributed by atoms with Gasteiger partial charge in [0.2, 0.25) is 0 Å². The fraction of sp³-hybridized carbons (Fsp3) is 0. The third kappa shape index (κ3) is 2.72. The molecule has 1 aromatic heterocycles. The van der Waals surface area contributed by atoms with E-state index < -0.39 is 4.92 Å². The molecule has 0 radical (unpaired) electrons. The summed E-state index contributed by atoms with van der Waals surface area (Å²) < 4.78 is 1.32. The number of aldehydes is 1. The first kappa shape index (κ1) is 14.9. The highest BCUT2D eigenvalue weighted by Gasteiger charge is 2.19. The molecule has 0 bridgehead atoms. The van der Waals surface area contributed by atoms with Crippen LogP contribution in [0.25, 0.3) is 16.9 Å². The van der Waals surface area contributed by atoms with Crippen LogP contribution in [-0.2, 0) is 0 Å². The molecule has 3 aromatic rings. The highest BCUT2D eigenvalue weighted by molar-refractivity contribution is 6.32. The van der Waals surface area contributed by atoms with Crippen molar-refractivity contribution in [3.05, 3.63) is 75.4 Å². The Bertz CT molecular complexity index is 891. The lowest BCUT2D eigenvalue weighted by molar-refractivity contribution is -0.384. The SMILES string of the molecule is O=Cc1c(-c2ccccc2)nn(-c2cccc([N+](=O)[O-])c2)c1Cl. The molecule has 3 rings (SSSR count). The molecule has 0 aliphatic heterocycles. The summed E-state index contributed by atoms with van der Waals surface area (Å²) in [6.07, 6.45) is 0.630. The van der Waals surface area contributed by atoms with Crippen LogP contribution in [0.3, 0.4) is 0 Å². The van der Waals surface area contributed by atoms with Crippen LogP contribution < -0.4 is 0 Å². The maximum Gasteiger partial charge on any atom is 0.271 e. The van der Waals surface area contributed by atoms with Crippen molar-refractivity contribution < 1.29 is 9.72 Å². The van der Waals surface area contributed by atoms with Gasteiger partial charge in [0.15, 0.2) is 6.29 Å². The van der Waals surface area contributed by atoms with Crippen LogP contribution in [0.4, 0.5) is 5.69 Å². The third-order valence-corrected chi connectivity index (χ3v) is 3.68. The highest BCUT2D eigenvalue weighted by Crippen LogP contribution is 2.30. The fourth-order valence-corrected chi connectivity index (χ4v) is 2.50. The van der Waals surface area contributed by atoms with E-state index in [4.69, 9.17) is 11.6 Å². The number of halogens is 1. The average Bonchev–Trinajstić information content (AvgIpc) is 2.92. The van der Waals surface area contributed by atoms with Gasteiger partial charge in [-0.3, -0.25) is 14.9 Å². The zero-order chi connectivity index (χ0) is 16.4. The monoisotopic (exact) mass is 327 g/mol. The summed E-state index contributed by atoms with van der Waals surface area (Å²) in [4.78, 5) is 21.8. The molecule has 0 spiro atoms. The van der Waals surface area contributed by atoms with Gasteiger partial charge >= 0.3 is 0 Å². The van der Waals surface area contributed by atoms with Crippen molar-refractivity contribution >= 4 is 23.6 Å². The predicted molar refractivity (Wildman–Crippen MR) is 86.1 cm³/mol. The molecule has 0 aliphatic rings. The van der Waals surface area contributed by atoms with Crippen LogP contribution in [0, 0.1) is 10.1 Å². The van der Waals surface area contributed by atoms with Crippen molar-refractivity contribution in [1.82, 2.24) is 9.78 Å². The summed E-state index contributed by atoms with van der Waals surface area (Å²) in [5.41, 5.74) is 1.74. The molecule has 0 N–H and O–H groups in total. The molecule has 0 saturated heterocycles. The summed E-state index contributed by atoms with van der Waals surface area (Å²) in [5, 5.41) is 15.4. The minimum atomic E-state index is -0.500. The predicted octanol–water partition coefficient (Wildman–Crippen LogP) is 3.91. The quantitative estimate of drug-likeness (QED) is 0.413. The van der Waals surface area contributed by atoms with E-state index in [0.717, 1.165) is 5.56 Å². The number of carbonyl (C=O) groups is 1. The molecule has 0 saturated carbocycles. The Morgan fingerprint density at radius 1 is 1.13 bits per heavy atom. The van der Waals surface area contributed by atoms with E-state index in [-0.39, 0.29) is 16.4 Å². The van der Waals surface area contributed by atoms with Crippen molar-refractivity contribution in [1.29, 1.82) is 0 Å². The first-order valence-electron chi connectivity index (χ1n) is 6.65. The second kappa shape index (κ2) is 6.02. The number of nitro groups is 1. The molecule has 23 heavy (non-hydrogen) atoms. The van der Waals surface area contributed by atoms with Crippen LogP contribution in [0.15, 0.2) is 54.6 Å². The molecular formula is C16H10ClN3O3. The van der Waals surface area contributed by atoms with Gasteiger partial charge < -0.3 is 0 Å². The Labute approximate surface area is 136 Å². The zero-order valence-electron chi connectivity index (χ0n) is 11.7. The summed E-state index contributed by atoms with van der Waals surface area (Å²) in [5.74, 6) is 0. The van der Waals surface area contributed by atoms with E-state index in [1.54, 1.807) is 6.07 Å². The van der Waals surface area contributed by atoms with Crippen molar-refractivity contribution in [3.63, 3.8) is 0 Å². The lowest BCUT2D eigenvalue weighted by Gasteiger charge is -2.02. The van der Waals surface area contributed by atoms with E-state index in [2.05, 4.69) is 5.10 Å². The second-order valence-corrected chi connectivity index (χ2v) is 5.08. The molecule has 0 aliphatic carbocycles. The molecule has 6 nitrogen and oxygen atoms in total. The molecule has 0 amide bonds. The number of non-ortho nitro benzene ring substituents is 1. The van der Waals surface area contributed by atoms with Crippen LogP contribution in [0.1, 0.15) is 10.4 Å². The average molecular weight is 328 g/mol. The maximum absolute atomic E-state index is 11.4. The Morgan fingerprint density at radius 3 is 2.52 bits per heavy atom. The summed E-state index contributed by atoms with van der Waals surface area (Å²) in [7, 11) is 0. The number of rotatable bonds is 4. The molecule has 1 heterocycles. The van der Waals surface area contributed by atoms with Crippen molar-refractivity contribution in [3.8, 4) is 16.9 Å². The summed E-state index contributed by atoms with van der Waals surface area (Å²) >= 11 is 6.25. The lowest BCUT2D eigenvalue weighted by atomic mass is 10.1. The molecule has 2 aromatic carbocycles. The van der Waals surface area contributed by atoms with E-state index in [0.29, 0.717) is 17.7 Å². The molecule has 114 valence electrons. The molecular weight excluding hydrogens is 318 g/mol. The number of hydrogen-bond donors (Lipinski definition) is 0. The summed E-state index contributed by atoms with van der Waals surface area (Å²) in [6.45, 7) is 0. The third-order valence-electron chi connectivity index (χ3n) is 3.31. The van der Waals surface area contributed by atoms with Gasteiger partial charge in [-0.25, -0.2) is 4.68 Å². The number of benzene rings is 2. The first-order valence-corrected chi connectivity index (χ1v) is 7.03. The Balaban J connectivity index is 2.18. The van der Waals surface area contributed by atoms with Gasteiger partial charge in [-0.1, -0.05) is 48.0 Å². The Kier molecular flexibility index (Phi) is 3.91. The number of aromatic nitrogens is 2. The van der Waals surface area contributed by atoms with Crippen LogP contribution in [-0.4, -0.2) is 21.0 Å². The lowest BCUT2D eigenvalue weighted by Crippen LogP contribution is -1.98. The normalized spacial score (nSPS) is 10.5. The maximum atomic E-state index is 11.4. The molecule has 0 fully saturated rings. The second-order valence-electron chi connectivity index (χ2n) is 4.73. The summed E-state index contributed by atoms with van der Waals surface area (Å²) in [6, 6.07) is 15.0. The number of nitro benzene ring substituents is 1. The van der Waals surface area contributed by atoms with Gasteiger partial charge in [0.05, 0.1) is 16.2 Å². The van der Waals surface area contributed by atoms with Crippen LogP contribution in [0.2, 0.25) is 5.15 Å². The van der Waals surface area contributed by atoms with E-state index >= 15 is 0 Å². The first-order chi connectivity index (χ1) is 11.1. The largest absolute Gasteiger partial charge is 0.298 e. The highest BCUT2D eigenvalue weighted by atomic mass is 35.5. The van der Waals surface area contributed by atoms with Gasteiger partial charge in [0.25, 0.3) is 5.69 Å². The van der Waals surface area contributed by atoms with Gasteiger partial charge in [-0.2, -0.15) is 5.10 Å². The topological polar surface area (TPSA) is 78.0 Å². The molecule has 7 heteroatoms. The van der Waals surface area contributed by atoms with Gasteiger partial charge in [-0.05, 0) is 6.07 Å². The van der Waals surface area contributed by atoms with Crippen LogP contribution in [0.5, 0.6) is 0 Å². The Morgan fingerprint density at radius 2 is 1.87 bits per heavy atom. The zero-order valence-corrected chi connectivity index (χ0v) is 12.5. The van der Waals surface area contributed by atoms with E-state index in [9.17, 15) is 14.9 Å². The molecule has 0 unspecified atom stereocenters. The number of carbonyl (C=O) groups excluding carboxylic acids is 1. The van der Waals surface area contributed by atoms with Crippen LogP contribution >= 0.6 is 11.6 Å². The number of nitrogens with zero attached hydrogens (tertiary/aromatic N) is 3. The van der Waals surface area contributed by atoms with Crippen molar-refractivity contribution in [2.24, 2.45) is 0 Å². The van der Waals surface area contributed by atoms with E-state index in [1.165, 1.54) is 22.9 Å². The minimum absolute atomic E-state index is 0.0806. The Hall–Kier alpha value is -2.99. The number of hydrogen-bond acceptors (Lipinski definition) is 4. The van der Waals surface area contributed by atoms with Crippen molar-refractivity contribution in [2.75, 3.05) is 0 Å². The van der Waals surface area contributed by atoms with Crippen molar-refractivity contribution in [2.45, 2.75) is 0 Å². The van der Waals surface area contributed by atoms with Gasteiger partial charge in [0, 0.05) is 17.7 Å². The molecule has 0 atom stereocenters. The standard InChI is InChI=1S/C16H10ClN3O3/c17-16-14(10-21)15(11-5-2-1-3-6-11)18-19(16)12-7-4-8-13(9-12)20(22)23/h1-10H. The minimum Gasteiger partial charge on any atom is -0.298 e. The fourth-order valence-electron chi connectivity index (χ4n) is 2.23. The van der Waals surface area contributed by atoms with E-state index in [1.807, 2.05) is 30.3 Å². The van der Waals surface area contributed by atoms with Gasteiger partial charge in [-0.15, -0.1) is 0 Å². The smallest absolute Gasteiger partial charge is 0.271 e. The van der Waals surface area contributed by atoms with Gasteiger partial charge in [0.1, 0.15) is 10.8 Å².